The average Bonchev–Trinajstić information content (AvgIpc) is 3.24. The fraction of sp³-hybridized carbons (Fsp3) is 0.412. The van der Waals surface area contributed by atoms with E-state index in [0.29, 0.717) is 12.2 Å². The van der Waals surface area contributed by atoms with Gasteiger partial charge in [0.2, 0.25) is 5.91 Å². The van der Waals surface area contributed by atoms with Crippen molar-refractivity contribution in [3.63, 3.8) is 0 Å². The predicted octanol–water partition coefficient (Wildman–Crippen LogP) is 2.98. The summed E-state index contributed by atoms with van der Waals surface area (Å²) in [6, 6.07) is 9.47. The van der Waals surface area contributed by atoms with Crippen molar-refractivity contribution in [3.05, 3.63) is 30.3 Å². The maximum absolute atomic E-state index is 12.0. The second-order valence-corrected chi connectivity index (χ2v) is 5.59. The van der Waals surface area contributed by atoms with Crippen LogP contribution >= 0.6 is 0 Å². The van der Waals surface area contributed by atoms with Gasteiger partial charge in [0.1, 0.15) is 5.75 Å². The Morgan fingerprint density at radius 1 is 1.48 bits per heavy atom. The lowest BCUT2D eigenvalue weighted by molar-refractivity contribution is -0.116. The molecular weight excluding hydrogens is 294 g/mol. The van der Waals surface area contributed by atoms with Crippen LogP contribution in [0.25, 0.3) is 11.3 Å². The Morgan fingerprint density at radius 3 is 3.13 bits per heavy atom. The van der Waals surface area contributed by atoms with Crippen molar-refractivity contribution in [2.24, 2.45) is 0 Å². The van der Waals surface area contributed by atoms with Gasteiger partial charge in [0.15, 0.2) is 5.82 Å². The molecule has 3 rings (SSSR count). The summed E-state index contributed by atoms with van der Waals surface area (Å²) in [4.78, 5) is 12.0. The van der Waals surface area contributed by atoms with Gasteiger partial charge < -0.3 is 14.8 Å². The Morgan fingerprint density at radius 2 is 2.35 bits per heavy atom. The Labute approximate surface area is 135 Å². The molecule has 1 saturated heterocycles. The Bertz CT molecular complexity index is 663. The number of ether oxygens (including phenoxy) is 2. The van der Waals surface area contributed by atoms with Crippen LogP contribution < -0.4 is 10.1 Å². The van der Waals surface area contributed by atoms with E-state index in [-0.39, 0.29) is 12.0 Å². The number of aromatic amines is 1. The zero-order chi connectivity index (χ0) is 16.1. The largest absolute Gasteiger partial charge is 0.496 e. The smallest absolute Gasteiger partial charge is 0.225 e. The van der Waals surface area contributed by atoms with Gasteiger partial charge in [-0.1, -0.05) is 12.1 Å². The number of benzene rings is 1. The van der Waals surface area contributed by atoms with Crippen LogP contribution in [0.4, 0.5) is 5.82 Å². The van der Waals surface area contributed by atoms with Gasteiger partial charge in [-0.15, -0.1) is 0 Å². The number of H-pyrrole nitrogens is 1. The quantitative estimate of drug-likeness (QED) is 0.859. The highest BCUT2D eigenvalue weighted by Gasteiger charge is 2.17. The molecule has 2 heterocycles. The minimum absolute atomic E-state index is 0.0430. The van der Waals surface area contributed by atoms with E-state index in [1.54, 1.807) is 7.11 Å². The number of carbonyl (C=O) groups is 1. The second kappa shape index (κ2) is 7.28. The molecule has 122 valence electrons. The van der Waals surface area contributed by atoms with Gasteiger partial charge in [-0.2, -0.15) is 5.10 Å². The Kier molecular flexibility index (Phi) is 4.92. The number of hydrogen-bond donors (Lipinski definition) is 2. The standard InChI is InChI=1S/C17H21N3O3/c1-22-15-7-3-2-6-13(15)14-11-16(20-19-14)18-17(21)9-8-12-5-4-10-23-12/h2-3,6-7,11-12H,4-5,8-10H2,1H3,(H2,18,19,20,21)/t12-/m0/s1. The molecule has 1 amide bonds. The van der Waals surface area contributed by atoms with E-state index in [0.717, 1.165) is 42.9 Å². The van der Waals surface area contributed by atoms with Crippen LogP contribution in [0.3, 0.4) is 0 Å². The molecule has 2 aromatic rings. The Balaban J connectivity index is 1.59. The Hall–Kier alpha value is -2.34. The molecule has 1 aliphatic heterocycles. The molecule has 0 radical (unpaired) electrons. The molecule has 1 aromatic heterocycles. The van der Waals surface area contributed by atoms with E-state index in [2.05, 4.69) is 15.5 Å². The number of hydrogen-bond acceptors (Lipinski definition) is 4. The summed E-state index contributed by atoms with van der Waals surface area (Å²) >= 11 is 0. The van der Waals surface area contributed by atoms with Crippen LogP contribution in [0.15, 0.2) is 30.3 Å². The van der Waals surface area contributed by atoms with Crippen molar-refractivity contribution in [1.29, 1.82) is 0 Å². The average molecular weight is 315 g/mol. The number of para-hydroxylation sites is 1. The van der Waals surface area contributed by atoms with Crippen LogP contribution in [0.5, 0.6) is 5.75 Å². The van der Waals surface area contributed by atoms with Crippen molar-refractivity contribution in [2.75, 3.05) is 19.0 Å². The van der Waals surface area contributed by atoms with Crippen LogP contribution in [0, 0.1) is 0 Å². The van der Waals surface area contributed by atoms with E-state index >= 15 is 0 Å². The fourth-order valence-corrected chi connectivity index (χ4v) is 2.76. The van der Waals surface area contributed by atoms with Gasteiger partial charge in [-0.3, -0.25) is 9.89 Å². The van der Waals surface area contributed by atoms with Crippen LogP contribution in [-0.2, 0) is 9.53 Å². The number of nitrogens with one attached hydrogen (secondary N) is 2. The number of nitrogens with zero attached hydrogens (tertiary/aromatic N) is 1. The van der Waals surface area contributed by atoms with Gasteiger partial charge in [0, 0.05) is 24.7 Å². The molecule has 1 atom stereocenters. The first-order valence-electron chi connectivity index (χ1n) is 7.86. The molecule has 1 aromatic carbocycles. The minimum Gasteiger partial charge on any atom is -0.496 e. The molecule has 23 heavy (non-hydrogen) atoms. The van der Waals surface area contributed by atoms with Crippen molar-refractivity contribution in [2.45, 2.75) is 31.8 Å². The van der Waals surface area contributed by atoms with Gasteiger partial charge in [-0.05, 0) is 31.4 Å². The normalized spacial score (nSPS) is 17.2. The number of rotatable bonds is 6. The number of aromatic nitrogens is 2. The third-order valence-corrected chi connectivity index (χ3v) is 3.96. The summed E-state index contributed by atoms with van der Waals surface area (Å²) in [7, 11) is 1.63. The summed E-state index contributed by atoms with van der Waals surface area (Å²) in [5, 5.41) is 9.89. The third kappa shape index (κ3) is 3.90. The number of amides is 1. The minimum atomic E-state index is -0.0430. The van der Waals surface area contributed by atoms with E-state index in [1.165, 1.54) is 0 Å². The first-order chi connectivity index (χ1) is 11.3. The summed E-state index contributed by atoms with van der Waals surface area (Å²) in [5.41, 5.74) is 1.71. The topological polar surface area (TPSA) is 76.2 Å². The molecule has 0 aliphatic carbocycles. The summed E-state index contributed by atoms with van der Waals surface area (Å²) in [6.45, 7) is 0.813. The lowest BCUT2D eigenvalue weighted by Crippen LogP contribution is -2.15. The van der Waals surface area contributed by atoms with E-state index in [1.807, 2.05) is 30.3 Å². The third-order valence-electron chi connectivity index (χ3n) is 3.96. The zero-order valence-corrected chi connectivity index (χ0v) is 13.2. The maximum atomic E-state index is 12.0. The van der Waals surface area contributed by atoms with Crippen LogP contribution in [0.2, 0.25) is 0 Å². The van der Waals surface area contributed by atoms with Gasteiger partial charge >= 0.3 is 0 Å². The van der Waals surface area contributed by atoms with Gasteiger partial charge in [-0.25, -0.2) is 0 Å². The van der Waals surface area contributed by atoms with Crippen LogP contribution in [-0.4, -0.2) is 35.9 Å². The number of carbonyl (C=O) groups excluding carboxylic acids is 1. The lowest BCUT2D eigenvalue weighted by Gasteiger charge is -2.08. The maximum Gasteiger partial charge on any atom is 0.225 e. The van der Waals surface area contributed by atoms with E-state index in [9.17, 15) is 4.79 Å². The summed E-state index contributed by atoms with van der Waals surface area (Å²) < 4.78 is 10.9. The highest BCUT2D eigenvalue weighted by atomic mass is 16.5. The van der Waals surface area contributed by atoms with Crippen LogP contribution in [0.1, 0.15) is 25.7 Å². The molecule has 0 saturated carbocycles. The number of methoxy groups -OCH3 is 1. The molecule has 1 aliphatic rings. The monoisotopic (exact) mass is 315 g/mol. The van der Waals surface area contributed by atoms with Crippen molar-refractivity contribution in [3.8, 4) is 17.0 Å². The van der Waals surface area contributed by atoms with E-state index < -0.39 is 0 Å². The van der Waals surface area contributed by atoms with Crippen molar-refractivity contribution < 1.29 is 14.3 Å². The molecule has 6 nitrogen and oxygen atoms in total. The fourth-order valence-electron chi connectivity index (χ4n) is 2.76. The molecule has 6 heteroatoms. The molecule has 0 spiro atoms. The number of anilines is 1. The first-order valence-corrected chi connectivity index (χ1v) is 7.86. The van der Waals surface area contributed by atoms with Crippen molar-refractivity contribution in [1.82, 2.24) is 10.2 Å². The molecule has 0 bridgehead atoms. The molecule has 0 unspecified atom stereocenters. The van der Waals surface area contributed by atoms with Gasteiger partial charge in [0.25, 0.3) is 0 Å². The highest BCUT2D eigenvalue weighted by Crippen LogP contribution is 2.29. The molecule has 1 fully saturated rings. The second-order valence-electron chi connectivity index (χ2n) is 5.59. The zero-order valence-electron chi connectivity index (χ0n) is 13.2. The summed E-state index contributed by atoms with van der Waals surface area (Å²) in [5.74, 6) is 1.23. The predicted molar refractivity (Wildman–Crippen MR) is 87.4 cm³/mol. The lowest BCUT2D eigenvalue weighted by atomic mass is 10.1. The van der Waals surface area contributed by atoms with Gasteiger partial charge in [0.05, 0.1) is 18.9 Å². The molecular formula is C17H21N3O3. The van der Waals surface area contributed by atoms with Crippen molar-refractivity contribution >= 4 is 11.7 Å². The first kappa shape index (κ1) is 15.6. The SMILES string of the molecule is COc1ccccc1-c1cc(NC(=O)CC[C@@H]2CCCO2)n[nH]1. The molecule has 2 N–H and O–H groups in total. The highest BCUT2D eigenvalue weighted by molar-refractivity contribution is 5.90. The van der Waals surface area contributed by atoms with E-state index in [4.69, 9.17) is 9.47 Å². The summed E-state index contributed by atoms with van der Waals surface area (Å²) in [6.07, 6.45) is 3.57.